The van der Waals surface area contributed by atoms with Crippen molar-refractivity contribution in [2.24, 2.45) is 0 Å². The van der Waals surface area contributed by atoms with E-state index in [-0.39, 0.29) is 5.91 Å². The minimum absolute atomic E-state index is 0.0262. The fraction of sp³-hybridized carbons (Fsp3) is 0.500. The third-order valence-electron chi connectivity index (χ3n) is 2.41. The quantitative estimate of drug-likeness (QED) is 0.625. The zero-order chi connectivity index (χ0) is 10.7. The highest BCUT2D eigenvalue weighted by Crippen LogP contribution is 2.07. The zero-order valence-corrected chi connectivity index (χ0v) is 8.75. The van der Waals surface area contributed by atoms with E-state index in [4.69, 9.17) is 4.74 Å². The van der Waals surface area contributed by atoms with E-state index in [0.717, 1.165) is 5.57 Å². The summed E-state index contributed by atoms with van der Waals surface area (Å²) in [5, 5.41) is 0. The molecule has 0 spiro atoms. The summed E-state index contributed by atoms with van der Waals surface area (Å²) >= 11 is 0. The van der Waals surface area contributed by atoms with E-state index in [9.17, 15) is 4.79 Å². The lowest BCUT2D eigenvalue weighted by molar-refractivity contribution is -0.131. The molecule has 15 heavy (non-hydrogen) atoms. The van der Waals surface area contributed by atoms with Gasteiger partial charge in [-0.15, -0.1) is 0 Å². The lowest BCUT2D eigenvalue weighted by Gasteiger charge is -2.28. The zero-order valence-electron chi connectivity index (χ0n) is 8.75. The Balaban J connectivity index is 2.03. The topological polar surface area (TPSA) is 53.6 Å². The molecule has 1 saturated heterocycles. The van der Waals surface area contributed by atoms with Gasteiger partial charge in [0.15, 0.2) is 0 Å². The minimum Gasteiger partial charge on any atom is -0.378 e. The van der Waals surface area contributed by atoms with Gasteiger partial charge >= 0.3 is 0 Å². The Morgan fingerprint density at radius 3 is 2.87 bits per heavy atom. The van der Waals surface area contributed by atoms with Crippen LogP contribution in [0.3, 0.4) is 0 Å². The minimum atomic E-state index is 0.0262. The van der Waals surface area contributed by atoms with Crippen LogP contribution in [0.15, 0.2) is 23.5 Å². The summed E-state index contributed by atoms with van der Waals surface area (Å²) in [6, 6.07) is 0. The van der Waals surface area contributed by atoms with Gasteiger partial charge in [-0.05, 0) is 18.6 Å². The molecule has 0 aromatic carbocycles. The Morgan fingerprint density at radius 2 is 2.20 bits per heavy atom. The molecule has 2 heterocycles. The van der Waals surface area contributed by atoms with Gasteiger partial charge in [-0.1, -0.05) is 0 Å². The van der Waals surface area contributed by atoms with Gasteiger partial charge in [0.2, 0.25) is 0 Å². The molecule has 2 rings (SSSR count). The smallest absolute Gasteiger partial charge is 0.271 e. The Morgan fingerprint density at radius 1 is 1.47 bits per heavy atom. The first-order chi connectivity index (χ1) is 7.27. The van der Waals surface area contributed by atoms with Crippen LogP contribution >= 0.6 is 0 Å². The summed E-state index contributed by atoms with van der Waals surface area (Å²) in [6.07, 6.45) is 3.66. The summed E-state index contributed by atoms with van der Waals surface area (Å²) in [6.45, 7) is 4.53. The lowest BCUT2D eigenvalue weighted by atomic mass is 10.2. The number of rotatable bonds is 1. The fourth-order valence-electron chi connectivity index (χ4n) is 1.59. The van der Waals surface area contributed by atoms with Gasteiger partial charge in [0.05, 0.1) is 13.2 Å². The van der Waals surface area contributed by atoms with Crippen molar-refractivity contribution >= 4 is 5.91 Å². The van der Waals surface area contributed by atoms with Crippen molar-refractivity contribution in [2.75, 3.05) is 26.3 Å². The van der Waals surface area contributed by atoms with Crippen molar-refractivity contribution < 1.29 is 9.53 Å². The standard InChI is InChI=1S/C10H15N3O2/c1-8-6-9(12-11-7-8)10(14)13-2-4-15-5-3-13/h6-7,11-12H,2-5H2,1H3. The molecule has 1 amide bonds. The number of hydrogen-bond donors (Lipinski definition) is 2. The maximum atomic E-state index is 12.0. The molecule has 0 aliphatic carbocycles. The summed E-state index contributed by atoms with van der Waals surface area (Å²) in [4.78, 5) is 13.8. The molecule has 82 valence electrons. The number of carbonyl (C=O) groups excluding carboxylic acids is 1. The molecule has 2 N–H and O–H groups in total. The van der Waals surface area contributed by atoms with Crippen molar-refractivity contribution in [2.45, 2.75) is 6.92 Å². The first-order valence-electron chi connectivity index (χ1n) is 5.04. The van der Waals surface area contributed by atoms with Crippen LogP contribution in [0.5, 0.6) is 0 Å². The molecule has 0 radical (unpaired) electrons. The highest BCUT2D eigenvalue weighted by atomic mass is 16.5. The molecule has 5 nitrogen and oxygen atoms in total. The van der Waals surface area contributed by atoms with Gasteiger partial charge in [0, 0.05) is 19.3 Å². The van der Waals surface area contributed by atoms with Crippen LogP contribution in [0.2, 0.25) is 0 Å². The first-order valence-corrected chi connectivity index (χ1v) is 5.04. The van der Waals surface area contributed by atoms with Crippen molar-refractivity contribution in [1.82, 2.24) is 15.8 Å². The predicted molar refractivity (Wildman–Crippen MR) is 55.5 cm³/mol. The van der Waals surface area contributed by atoms with E-state index in [2.05, 4.69) is 10.9 Å². The third kappa shape index (κ3) is 2.30. The van der Waals surface area contributed by atoms with Gasteiger partial charge < -0.3 is 15.1 Å². The van der Waals surface area contributed by atoms with Gasteiger partial charge in [-0.25, -0.2) is 0 Å². The van der Waals surface area contributed by atoms with Crippen LogP contribution in [0.4, 0.5) is 0 Å². The summed E-state index contributed by atoms with van der Waals surface area (Å²) in [5.41, 5.74) is 7.32. The van der Waals surface area contributed by atoms with E-state index >= 15 is 0 Å². The second-order valence-corrected chi connectivity index (χ2v) is 3.62. The van der Waals surface area contributed by atoms with Crippen molar-refractivity contribution in [3.05, 3.63) is 23.5 Å². The van der Waals surface area contributed by atoms with Crippen LogP contribution < -0.4 is 10.9 Å². The predicted octanol–water partition coefficient (Wildman–Crippen LogP) is -0.259. The largest absolute Gasteiger partial charge is 0.378 e. The van der Waals surface area contributed by atoms with Crippen LogP contribution in [-0.2, 0) is 9.53 Å². The highest BCUT2D eigenvalue weighted by Gasteiger charge is 2.21. The fourth-order valence-corrected chi connectivity index (χ4v) is 1.59. The Kier molecular flexibility index (Phi) is 2.91. The number of morpholine rings is 1. The van der Waals surface area contributed by atoms with E-state index in [0.29, 0.717) is 32.0 Å². The maximum Gasteiger partial charge on any atom is 0.271 e. The monoisotopic (exact) mass is 209 g/mol. The van der Waals surface area contributed by atoms with E-state index in [1.807, 2.05) is 19.2 Å². The van der Waals surface area contributed by atoms with Gasteiger partial charge in [-0.3, -0.25) is 10.2 Å². The molecule has 0 atom stereocenters. The number of ether oxygens (including phenoxy) is 1. The molecule has 0 saturated carbocycles. The van der Waals surface area contributed by atoms with Gasteiger partial charge in [0.25, 0.3) is 5.91 Å². The van der Waals surface area contributed by atoms with Crippen molar-refractivity contribution in [3.63, 3.8) is 0 Å². The van der Waals surface area contributed by atoms with Crippen LogP contribution in [0.1, 0.15) is 6.92 Å². The third-order valence-corrected chi connectivity index (χ3v) is 2.41. The van der Waals surface area contributed by atoms with Crippen LogP contribution in [-0.4, -0.2) is 37.1 Å². The number of hydrogen-bond acceptors (Lipinski definition) is 4. The Hall–Kier alpha value is -1.49. The number of amides is 1. The van der Waals surface area contributed by atoms with Crippen molar-refractivity contribution in [3.8, 4) is 0 Å². The number of hydrazine groups is 1. The average Bonchev–Trinajstić information content (AvgIpc) is 2.29. The van der Waals surface area contributed by atoms with Crippen LogP contribution in [0, 0.1) is 0 Å². The van der Waals surface area contributed by atoms with E-state index < -0.39 is 0 Å². The Bertz CT molecular complexity index is 317. The summed E-state index contributed by atoms with van der Waals surface area (Å²) < 4.78 is 5.20. The molecule has 0 aromatic heterocycles. The van der Waals surface area contributed by atoms with E-state index in [1.165, 1.54) is 0 Å². The highest BCUT2D eigenvalue weighted by molar-refractivity contribution is 5.93. The normalized spacial score (nSPS) is 21.0. The van der Waals surface area contributed by atoms with E-state index in [1.54, 1.807) is 4.90 Å². The number of nitrogens with zero attached hydrogens (tertiary/aromatic N) is 1. The molecule has 0 aromatic rings. The molecule has 0 bridgehead atoms. The van der Waals surface area contributed by atoms with Crippen LogP contribution in [0.25, 0.3) is 0 Å². The number of nitrogens with one attached hydrogen (secondary N) is 2. The van der Waals surface area contributed by atoms with Gasteiger partial charge in [-0.2, -0.15) is 0 Å². The summed E-state index contributed by atoms with van der Waals surface area (Å²) in [5.74, 6) is 0.0262. The molecule has 2 aliphatic rings. The molecule has 5 heteroatoms. The molecule has 1 fully saturated rings. The number of carbonyl (C=O) groups is 1. The molecule has 0 unspecified atom stereocenters. The number of allylic oxidation sites excluding steroid dienone is 2. The second-order valence-electron chi connectivity index (χ2n) is 3.62. The summed E-state index contributed by atoms with van der Waals surface area (Å²) in [7, 11) is 0. The molecular formula is C10H15N3O2. The molecular weight excluding hydrogens is 194 g/mol. The van der Waals surface area contributed by atoms with Gasteiger partial charge in [0.1, 0.15) is 5.70 Å². The Labute approximate surface area is 88.7 Å². The van der Waals surface area contributed by atoms with Crippen molar-refractivity contribution in [1.29, 1.82) is 0 Å². The SMILES string of the molecule is CC1=CNNC(C(=O)N2CCOCC2)=C1. The molecule has 2 aliphatic heterocycles. The second kappa shape index (κ2) is 4.35. The first kappa shape index (κ1) is 10.0. The lowest BCUT2D eigenvalue weighted by Crippen LogP contribution is -2.45. The average molecular weight is 209 g/mol. The maximum absolute atomic E-state index is 12.0.